The Hall–Kier alpha value is -3.15. The van der Waals surface area contributed by atoms with Crippen molar-refractivity contribution in [1.29, 1.82) is 0 Å². The minimum atomic E-state index is -0.910. The molecule has 1 amide bonds. The molecule has 5 nitrogen and oxygen atoms in total. The van der Waals surface area contributed by atoms with Crippen LogP contribution in [0.15, 0.2) is 48.5 Å². The van der Waals surface area contributed by atoms with Crippen LogP contribution in [0.5, 0.6) is 0 Å². The van der Waals surface area contributed by atoms with Gasteiger partial charge in [0.2, 0.25) is 5.91 Å². The lowest BCUT2D eigenvalue weighted by molar-refractivity contribution is -0.137. The molecule has 0 radical (unpaired) electrons. The molecule has 1 fully saturated rings. The lowest BCUT2D eigenvalue weighted by Crippen LogP contribution is -2.44. The summed E-state index contributed by atoms with van der Waals surface area (Å²) in [6.07, 6.45) is 5.68. The van der Waals surface area contributed by atoms with E-state index in [1.807, 2.05) is 22.8 Å². The molecule has 172 valence electrons. The molecule has 2 aliphatic carbocycles. The number of halogens is 1. The van der Waals surface area contributed by atoms with Gasteiger partial charge in [-0.05, 0) is 73.8 Å². The van der Waals surface area contributed by atoms with Crippen LogP contribution in [0.3, 0.4) is 0 Å². The number of hydrogen-bond acceptors (Lipinski definition) is 2. The standard InChI is InChI=1S/C27H29FN2O3/c28-20-9-11-24-22(14-20)23-15-21(10-12-25(23)30(24)17-27(32)33)29(16-19-6-7-19)26(31)13-8-18-4-2-1-3-5-18/h1-5,9,11,14,19,21H,6-8,10,12-13,15-17H2,(H,32,33). The first-order valence-electron chi connectivity index (χ1n) is 11.8. The van der Waals surface area contributed by atoms with Gasteiger partial charge in [-0.25, -0.2) is 4.39 Å². The Labute approximate surface area is 192 Å². The van der Waals surface area contributed by atoms with Gasteiger partial charge < -0.3 is 14.6 Å². The molecule has 6 heteroatoms. The van der Waals surface area contributed by atoms with Gasteiger partial charge in [-0.3, -0.25) is 9.59 Å². The van der Waals surface area contributed by atoms with Gasteiger partial charge in [-0.1, -0.05) is 30.3 Å². The van der Waals surface area contributed by atoms with Crippen molar-refractivity contribution >= 4 is 22.8 Å². The predicted molar refractivity (Wildman–Crippen MR) is 125 cm³/mol. The zero-order chi connectivity index (χ0) is 22.9. The van der Waals surface area contributed by atoms with Crippen molar-refractivity contribution in [2.75, 3.05) is 6.54 Å². The van der Waals surface area contributed by atoms with E-state index in [1.54, 1.807) is 6.07 Å². The van der Waals surface area contributed by atoms with E-state index in [2.05, 4.69) is 17.0 Å². The number of rotatable bonds is 8. The summed E-state index contributed by atoms with van der Waals surface area (Å²) in [5.74, 6) is -0.473. The van der Waals surface area contributed by atoms with Crippen LogP contribution in [0.25, 0.3) is 10.9 Å². The molecule has 1 atom stereocenters. The first kappa shape index (κ1) is 21.7. The number of carboxylic acid groups (broad SMARTS) is 1. The Kier molecular flexibility index (Phi) is 5.92. The third-order valence-corrected chi connectivity index (χ3v) is 7.08. The Balaban J connectivity index is 1.41. The van der Waals surface area contributed by atoms with E-state index < -0.39 is 5.97 Å². The summed E-state index contributed by atoms with van der Waals surface area (Å²) in [7, 11) is 0. The summed E-state index contributed by atoms with van der Waals surface area (Å²) in [5, 5.41) is 10.2. The second-order valence-corrected chi connectivity index (χ2v) is 9.44. The van der Waals surface area contributed by atoms with Crippen molar-refractivity contribution < 1.29 is 19.1 Å². The second kappa shape index (κ2) is 9.00. The Morgan fingerprint density at radius 1 is 1.09 bits per heavy atom. The minimum Gasteiger partial charge on any atom is -0.480 e. The topological polar surface area (TPSA) is 62.5 Å². The van der Waals surface area contributed by atoms with Crippen LogP contribution in [-0.4, -0.2) is 39.0 Å². The highest BCUT2D eigenvalue weighted by Gasteiger charge is 2.34. The largest absolute Gasteiger partial charge is 0.480 e. The Bertz CT molecular complexity index is 1180. The fraction of sp³-hybridized carbons (Fsp3) is 0.407. The molecule has 0 spiro atoms. The lowest BCUT2D eigenvalue weighted by atomic mass is 9.89. The molecule has 2 aliphatic rings. The summed E-state index contributed by atoms with van der Waals surface area (Å²) in [5.41, 5.74) is 3.89. The molecule has 0 aliphatic heterocycles. The number of hydrogen-bond donors (Lipinski definition) is 1. The van der Waals surface area contributed by atoms with Crippen LogP contribution in [-0.2, 0) is 35.4 Å². The third kappa shape index (κ3) is 4.65. The first-order chi connectivity index (χ1) is 16.0. The predicted octanol–water partition coefficient (Wildman–Crippen LogP) is 4.59. The average Bonchev–Trinajstić information content (AvgIpc) is 3.59. The quantitative estimate of drug-likeness (QED) is 0.548. The number of carbonyl (C=O) groups is 2. The highest BCUT2D eigenvalue weighted by molar-refractivity contribution is 5.87. The van der Waals surface area contributed by atoms with E-state index in [0.29, 0.717) is 25.2 Å². The summed E-state index contributed by atoms with van der Waals surface area (Å²) in [6, 6.07) is 14.7. The zero-order valence-electron chi connectivity index (χ0n) is 18.7. The van der Waals surface area contributed by atoms with E-state index >= 15 is 0 Å². The highest BCUT2D eigenvalue weighted by atomic mass is 19.1. The van der Waals surface area contributed by atoms with Crippen LogP contribution in [0, 0.1) is 11.7 Å². The second-order valence-electron chi connectivity index (χ2n) is 9.44. The highest BCUT2D eigenvalue weighted by Crippen LogP contribution is 2.37. The SMILES string of the molecule is O=C(O)Cn1c2c(c3cc(F)ccc31)CC(N(CC1CC1)C(=O)CCc1ccccc1)CC2. The summed E-state index contributed by atoms with van der Waals surface area (Å²) < 4.78 is 15.9. The number of amides is 1. The molecule has 1 saturated carbocycles. The monoisotopic (exact) mass is 448 g/mol. The molecule has 5 rings (SSSR count). The molecule has 1 heterocycles. The van der Waals surface area contributed by atoms with Crippen molar-refractivity contribution in [3.05, 3.63) is 71.2 Å². The summed E-state index contributed by atoms with van der Waals surface area (Å²) in [4.78, 5) is 26.9. The molecule has 1 aromatic heterocycles. The van der Waals surface area contributed by atoms with Gasteiger partial charge in [0.25, 0.3) is 0 Å². The van der Waals surface area contributed by atoms with Crippen LogP contribution < -0.4 is 0 Å². The van der Waals surface area contributed by atoms with E-state index in [0.717, 1.165) is 47.1 Å². The normalized spacial score (nSPS) is 17.7. The van der Waals surface area contributed by atoms with E-state index in [-0.39, 0.29) is 24.3 Å². The number of aryl methyl sites for hydroxylation is 1. The molecular weight excluding hydrogens is 419 g/mol. The van der Waals surface area contributed by atoms with Crippen LogP contribution >= 0.6 is 0 Å². The summed E-state index contributed by atoms with van der Waals surface area (Å²) >= 11 is 0. The van der Waals surface area contributed by atoms with Crippen molar-refractivity contribution in [3.8, 4) is 0 Å². The van der Waals surface area contributed by atoms with Crippen molar-refractivity contribution in [2.45, 2.75) is 57.5 Å². The Morgan fingerprint density at radius 2 is 1.88 bits per heavy atom. The van der Waals surface area contributed by atoms with Gasteiger partial charge in [0.1, 0.15) is 12.4 Å². The fourth-order valence-electron chi connectivity index (χ4n) is 5.26. The molecule has 1 unspecified atom stereocenters. The molecule has 0 bridgehead atoms. The molecule has 3 aromatic rings. The van der Waals surface area contributed by atoms with Gasteiger partial charge in [0, 0.05) is 35.6 Å². The maximum absolute atomic E-state index is 14.1. The average molecular weight is 449 g/mol. The van der Waals surface area contributed by atoms with Crippen molar-refractivity contribution in [2.24, 2.45) is 5.92 Å². The van der Waals surface area contributed by atoms with Gasteiger partial charge >= 0.3 is 5.97 Å². The zero-order valence-corrected chi connectivity index (χ0v) is 18.7. The van der Waals surface area contributed by atoms with E-state index in [1.165, 1.54) is 25.0 Å². The number of carboxylic acids is 1. The van der Waals surface area contributed by atoms with Crippen LogP contribution in [0.1, 0.15) is 42.5 Å². The van der Waals surface area contributed by atoms with Gasteiger partial charge in [0.15, 0.2) is 0 Å². The maximum atomic E-state index is 14.1. The molecular formula is C27H29FN2O3. The van der Waals surface area contributed by atoms with Gasteiger partial charge in [-0.2, -0.15) is 0 Å². The van der Waals surface area contributed by atoms with Gasteiger partial charge in [-0.15, -0.1) is 0 Å². The van der Waals surface area contributed by atoms with Crippen LogP contribution in [0.4, 0.5) is 4.39 Å². The number of aliphatic carboxylic acids is 1. The number of nitrogens with zero attached hydrogens (tertiary/aromatic N) is 2. The third-order valence-electron chi connectivity index (χ3n) is 7.08. The van der Waals surface area contributed by atoms with Crippen molar-refractivity contribution in [3.63, 3.8) is 0 Å². The number of fused-ring (bicyclic) bond motifs is 3. The summed E-state index contributed by atoms with van der Waals surface area (Å²) in [6.45, 7) is 0.652. The minimum absolute atomic E-state index is 0.0634. The molecule has 0 saturated heterocycles. The number of carbonyl (C=O) groups excluding carboxylic acids is 1. The number of benzene rings is 2. The molecule has 2 aromatic carbocycles. The lowest BCUT2D eigenvalue weighted by Gasteiger charge is -2.35. The fourth-order valence-corrected chi connectivity index (χ4v) is 5.26. The first-order valence-corrected chi connectivity index (χ1v) is 11.8. The maximum Gasteiger partial charge on any atom is 0.323 e. The molecule has 33 heavy (non-hydrogen) atoms. The Morgan fingerprint density at radius 3 is 2.61 bits per heavy atom. The molecule has 1 N–H and O–H groups in total. The van der Waals surface area contributed by atoms with Crippen molar-refractivity contribution in [1.82, 2.24) is 9.47 Å². The van der Waals surface area contributed by atoms with Gasteiger partial charge in [0.05, 0.1) is 0 Å². The number of aromatic nitrogens is 1. The van der Waals surface area contributed by atoms with Crippen LogP contribution in [0.2, 0.25) is 0 Å². The smallest absolute Gasteiger partial charge is 0.323 e. The van der Waals surface area contributed by atoms with E-state index in [9.17, 15) is 19.1 Å². The van der Waals surface area contributed by atoms with E-state index in [4.69, 9.17) is 0 Å².